The Labute approximate surface area is 140 Å². The maximum atomic E-state index is 11.1. The molecule has 2 N–H and O–H groups in total. The molecule has 2 saturated heterocycles. The van der Waals surface area contributed by atoms with Crippen LogP contribution >= 0.6 is 0 Å². The highest BCUT2D eigenvalue weighted by molar-refractivity contribution is 5.79. The lowest BCUT2D eigenvalue weighted by molar-refractivity contribution is -0.163. The average Bonchev–Trinajstić information content (AvgIpc) is 2.95. The van der Waals surface area contributed by atoms with E-state index in [1.165, 1.54) is 6.92 Å². The van der Waals surface area contributed by atoms with Crippen molar-refractivity contribution in [1.29, 1.82) is 0 Å². The fraction of sp³-hybridized carbons (Fsp3) is 0.471. The third kappa shape index (κ3) is 4.79. The number of fused-ring (bicyclic) bond motifs is 1. The van der Waals surface area contributed by atoms with Gasteiger partial charge in [0.25, 0.3) is 0 Å². The molecule has 7 nitrogen and oxygen atoms in total. The second-order valence-electron chi connectivity index (χ2n) is 5.72. The smallest absolute Gasteiger partial charge is 0.349 e. The number of nitrogens with one attached hydrogen (secondary N) is 1. The van der Waals surface area contributed by atoms with Crippen molar-refractivity contribution in [1.82, 2.24) is 10.2 Å². The van der Waals surface area contributed by atoms with Crippen LogP contribution in [0.25, 0.3) is 0 Å². The van der Waals surface area contributed by atoms with Crippen LogP contribution in [0.3, 0.4) is 0 Å². The molecular formula is C17H22N2O5. The lowest BCUT2D eigenvalue weighted by Crippen LogP contribution is -2.49. The standard InChI is InChI=1S/C10H10O4.C7H12N2O/c1-7(11)14-9(10(12)13)8-5-3-2-4-6-8;10-7-2-1-6-5-8-3-4-9(6)7/h2-6,9H,1H3,(H,12,13);6,8H,1-5H2. The number of piperazine rings is 1. The van der Waals surface area contributed by atoms with Gasteiger partial charge in [-0.25, -0.2) is 4.79 Å². The minimum atomic E-state index is -1.21. The zero-order valence-electron chi connectivity index (χ0n) is 13.6. The molecule has 3 rings (SSSR count). The highest BCUT2D eigenvalue weighted by Crippen LogP contribution is 2.19. The summed E-state index contributed by atoms with van der Waals surface area (Å²) in [5.41, 5.74) is 0.454. The minimum absolute atomic E-state index is 0.353. The van der Waals surface area contributed by atoms with E-state index in [-0.39, 0.29) is 0 Å². The Hall–Kier alpha value is -2.41. The van der Waals surface area contributed by atoms with Gasteiger partial charge in [0, 0.05) is 44.6 Å². The third-order valence-electron chi connectivity index (χ3n) is 3.97. The quantitative estimate of drug-likeness (QED) is 0.799. The molecule has 0 spiro atoms. The van der Waals surface area contributed by atoms with Crippen LogP contribution in [0.2, 0.25) is 0 Å². The number of aliphatic carboxylic acids is 1. The SMILES string of the molecule is CC(=O)OC(C(=O)O)c1ccccc1.O=C1CCC2CNCCN12. The van der Waals surface area contributed by atoms with E-state index >= 15 is 0 Å². The van der Waals surface area contributed by atoms with Gasteiger partial charge < -0.3 is 20.1 Å². The van der Waals surface area contributed by atoms with Gasteiger partial charge in [0.1, 0.15) is 0 Å². The molecule has 2 atom stereocenters. The topological polar surface area (TPSA) is 95.9 Å². The van der Waals surface area contributed by atoms with Crippen molar-refractivity contribution < 1.29 is 24.2 Å². The zero-order chi connectivity index (χ0) is 17.5. The van der Waals surface area contributed by atoms with E-state index in [1.807, 2.05) is 4.90 Å². The fourth-order valence-electron chi connectivity index (χ4n) is 2.84. The van der Waals surface area contributed by atoms with Gasteiger partial charge in [-0.05, 0) is 6.42 Å². The van der Waals surface area contributed by atoms with Crippen LogP contribution in [-0.2, 0) is 19.1 Å². The van der Waals surface area contributed by atoms with Crippen molar-refractivity contribution >= 4 is 17.8 Å². The second kappa shape index (κ2) is 8.44. The van der Waals surface area contributed by atoms with Crippen LogP contribution in [0.5, 0.6) is 0 Å². The molecule has 1 aromatic rings. The van der Waals surface area contributed by atoms with Crippen molar-refractivity contribution in [2.75, 3.05) is 19.6 Å². The summed E-state index contributed by atoms with van der Waals surface area (Å²) >= 11 is 0. The van der Waals surface area contributed by atoms with Crippen LogP contribution in [0.1, 0.15) is 31.4 Å². The first-order valence-electron chi connectivity index (χ1n) is 7.94. The van der Waals surface area contributed by atoms with E-state index in [0.29, 0.717) is 17.5 Å². The van der Waals surface area contributed by atoms with E-state index in [1.54, 1.807) is 30.3 Å². The molecule has 0 aliphatic carbocycles. The van der Waals surface area contributed by atoms with Gasteiger partial charge in [-0.3, -0.25) is 9.59 Å². The van der Waals surface area contributed by atoms with Crippen molar-refractivity contribution in [3.05, 3.63) is 35.9 Å². The molecule has 0 bridgehead atoms. The largest absolute Gasteiger partial charge is 0.478 e. The predicted molar refractivity (Wildman–Crippen MR) is 86.2 cm³/mol. The summed E-state index contributed by atoms with van der Waals surface area (Å²) in [7, 11) is 0. The van der Waals surface area contributed by atoms with Gasteiger partial charge in [0.15, 0.2) is 0 Å². The Bertz CT molecular complexity index is 590. The molecule has 2 aliphatic heterocycles. The third-order valence-corrected chi connectivity index (χ3v) is 3.97. The zero-order valence-corrected chi connectivity index (χ0v) is 13.6. The Morgan fingerprint density at radius 1 is 1.33 bits per heavy atom. The Kier molecular flexibility index (Phi) is 6.31. The number of benzene rings is 1. The molecule has 2 heterocycles. The van der Waals surface area contributed by atoms with E-state index in [2.05, 4.69) is 10.1 Å². The highest BCUT2D eigenvalue weighted by Gasteiger charge is 2.32. The van der Waals surface area contributed by atoms with Crippen molar-refractivity contribution in [2.45, 2.75) is 31.9 Å². The first kappa shape index (κ1) is 17.9. The van der Waals surface area contributed by atoms with E-state index in [0.717, 1.165) is 32.5 Å². The van der Waals surface area contributed by atoms with Crippen LogP contribution in [0.15, 0.2) is 30.3 Å². The summed E-state index contributed by atoms with van der Waals surface area (Å²) < 4.78 is 4.66. The summed E-state index contributed by atoms with van der Waals surface area (Å²) in [6.45, 7) is 4.08. The highest BCUT2D eigenvalue weighted by atomic mass is 16.6. The number of rotatable bonds is 3. The first-order chi connectivity index (χ1) is 11.5. The molecule has 2 aliphatic rings. The molecule has 0 saturated carbocycles. The Morgan fingerprint density at radius 2 is 2.04 bits per heavy atom. The number of carbonyl (C=O) groups is 3. The van der Waals surface area contributed by atoms with Crippen LogP contribution in [0.4, 0.5) is 0 Å². The average molecular weight is 334 g/mol. The number of carboxylic acid groups (broad SMARTS) is 1. The molecule has 7 heteroatoms. The molecule has 1 amide bonds. The predicted octanol–water partition coefficient (Wildman–Crippen LogP) is 0.956. The van der Waals surface area contributed by atoms with Gasteiger partial charge in [-0.1, -0.05) is 30.3 Å². The molecule has 0 radical (unpaired) electrons. The van der Waals surface area contributed by atoms with Gasteiger partial charge in [0.05, 0.1) is 0 Å². The monoisotopic (exact) mass is 334 g/mol. The summed E-state index contributed by atoms with van der Waals surface area (Å²) in [5.74, 6) is -1.43. The minimum Gasteiger partial charge on any atom is -0.478 e. The molecule has 130 valence electrons. The van der Waals surface area contributed by atoms with Gasteiger partial charge >= 0.3 is 11.9 Å². The summed E-state index contributed by atoms with van der Waals surface area (Å²) in [6, 6.07) is 8.85. The number of carboxylic acids is 1. The number of ether oxygens (including phenoxy) is 1. The summed E-state index contributed by atoms with van der Waals surface area (Å²) in [5, 5.41) is 12.1. The number of esters is 1. The number of hydrogen-bond acceptors (Lipinski definition) is 5. The van der Waals surface area contributed by atoms with E-state index in [4.69, 9.17) is 5.11 Å². The van der Waals surface area contributed by atoms with E-state index < -0.39 is 18.0 Å². The van der Waals surface area contributed by atoms with Crippen LogP contribution < -0.4 is 5.32 Å². The Balaban J connectivity index is 0.000000182. The van der Waals surface area contributed by atoms with Crippen LogP contribution in [-0.4, -0.2) is 53.5 Å². The van der Waals surface area contributed by atoms with Gasteiger partial charge in [-0.15, -0.1) is 0 Å². The molecule has 2 unspecified atom stereocenters. The normalized spacial score (nSPS) is 20.5. The molecule has 24 heavy (non-hydrogen) atoms. The second-order valence-corrected chi connectivity index (χ2v) is 5.72. The maximum absolute atomic E-state index is 11.1. The maximum Gasteiger partial charge on any atom is 0.349 e. The molecule has 1 aromatic carbocycles. The van der Waals surface area contributed by atoms with Gasteiger partial charge in [0.2, 0.25) is 12.0 Å². The molecular weight excluding hydrogens is 312 g/mol. The van der Waals surface area contributed by atoms with Crippen molar-refractivity contribution in [3.8, 4) is 0 Å². The lowest BCUT2D eigenvalue weighted by Gasteiger charge is -2.29. The van der Waals surface area contributed by atoms with Crippen LogP contribution in [0, 0.1) is 0 Å². The van der Waals surface area contributed by atoms with Gasteiger partial charge in [-0.2, -0.15) is 0 Å². The number of hydrogen-bond donors (Lipinski definition) is 2. The summed E-state index contributed by atoms with van der Waals surface area (Å²) in [6.07, 6.45) is 0.617. The van der Waals surface area contributed by atoms with Crippen molar-refractivity contribution in [3.63, 3.8) is 0 Å². The lowest BCUT2D eigenvalue weighted by atomic mass is 10.1. The number of amides is 1. The Morgan fingerprint density at radius 3 is 2.62 bits per heavy atom. The van der Waals surface area contributed by atoms with E-state index in [9.17, 15) is 14.4 Å². The summed E-state index contributed by atoms with van der Waals surface area (Å²) in [4.78, 5) is 34.5. The molecule has 2 fully saturated rings. The number of nitrogens with zero attached hydrogens (tertiary/aromatic N) is 1. The first-order valence-corrected chi connectivity index (χ1v) is 7.94. The molecule has 0 aromatic heterocycles. The van der Waals surface area contributed by atoms with Crippen molar-refractivity contribution in [2.24, 2.45) is 0 Å². The fourth-order valence-corrected chi connectivity index (χ4v) is 2.84. The number of carbonyl (C=O) groups excluding carboxylic acids is 2.